The second kappa shape index (κ2) is 4.08. The molecule has 18 heavy (non-hydrogen) atoms. The third-order valence-corrected chi connectivity index (χ3v) is 3.51. The molecular weight excluding hydrogens is 235 g/mol. The number of hydrogen-bond donors (Lipinski definition) is 1. The predicted octanol–water partition coefficient (Wildman–Crippen LogP) is 2.53. The molecule has 1 aromatic carbocycles. The molecule has 0 radical (unpaired) electrons. The molecule has 0 bridgehead atoms. The molecule has 1 aliphatic rings. The number of halogens is 1. The van der Waals surface area contributed by atoms with Gasteiger partial charge in [-0.1, -0.05) is 12.5 Å². The molecule has 3 rings (SSSR count). The highest BCUT2D eigenvalue weighted by Crippen LogP contribution is 2.37. The first-order valence-electron chi connectivity index (χ1n) is 6.03. The lowest BCUT2D eigenvalue weighted by molar-refractivity contribution is -0.137. The Labute approximate surface area is 103 Å². The maximum absolute atomic E-state index is 13.8. The highest BCUT2D eigenvalue weighted by molar-refractivity contribution is 5.79. The predicted molar refractivity (Wildman–Crippen MR) is 63.9 cm³/mol. The summed E-state index contributed by atoms with van der Waals surface area (Å²) in [6.07, 6.45) is 3.14. The van der Waals surface area contributed by atoms with Crippen molar-refractivity contribution >= 4 is 17.0 Å². The number of para-hydroxylation sites is 1. The van der Waals surface area contributed by atoms with Gasteiger partial charge in [0.25, 0.3) is 0 Å². The lowest BCUT2D eigenvalue weighted by atomic mass is 9.85. The Morgan fingerprint density at radius 1 is 1.50 bits per heavy atom. The van der Waals surface area contributed by atoms with E-state index in [1.807, 2.05) is 0 Å². The van der Waals surface area contributed by atoms with E-state index < -0.39 is 11.8 Å². The minimum atomic E-state index is -0.974. The van der Waals surface area contributed by atoms with Crippen LogP contribution in [0.3, 0.4) is 0 Å². The number of aromatic nitrogens is 2. The van der Waals surface area contributed by atoms with Gasteiger partial charge < -0.3 is 9.67 Å². The second-order valence-corrected chi connectivity index (χ2v) is 4.69. The van der Waals surface area contributed by atoms with Gasteiger partial charge in [0.05, 0.1) is 5.52 Å². The van der Waals surface area contributed by atoms with Crippen LogP contribution in [0.25, 0.3) is 11.0 Å². The van der Waals surface area contributed by atoms with E-state index >= 15 is 0 Å². The van der Waals surface area contributed by atoms with Gasteiger partial charge in [-0.15, -0.1) is 0 Å². The van der Waals surface area contributed by atoms with Crippen LogP contribution >= 0.6 is 0 Å². The molecule has 0 spiro atoms. The second-order valence-electron chi connectivity index (χ2n) is 4.69. The quantitative estimate of drug-likeness (QED) is 0.908. The van der Waals surface area contributed by atoms with E-state index in [0.717, 1.165) is 19.3 Å². The Bertz CT molecular complexity index is 617. The van der Waals surface area contributed by atoms with Crippen LogP contribution < -0.4 is 0 Å². The molecule has 1 aromatic heterocycles. The Kier molecular flexibility index (Phi) is 2.54. The molecular formula is C13H13FN2O2. The van der Waals surface area contributed by atoms with E-state index in [2.05, 4.69) is 4.98 Å². The molecule has 4 nitrogen and oxygen atoms in total. The van der Waals surface area contributed by atoms with E-state index in [1.165, 1.54) is 10.6 Å². The highest BCUT2D eigenvalue weighted by Gasteiger charge is 2.27. The van der Waals surface area contributed by atoms with Crippen molar-refractivity contribution in [3.05, 3.63) is 29.8 Å². The molecule has 1 aliphatic carbocycles. The summed E-state index contributed by atoms with van der Waals surface area (Å²) in [7, 11) is 0. The molecule has 5 heteroatoms. The van der Waals surface area contributed by atoms with Gasteiger partial charge in [0, 0.05) is 5.92 Å². The molecule has 1 saturated carbocycles. The number of rotatable bonds is 3. The third kappa shape index (κ3) is 1.66. The van der Waals surface area contributed by atoms with Gasteiger partial charge in [-0.25, -0.2) is 9.37 Å². The van der Waals surface area contributed by atoms with E-state index in [-0.39, 0.29) is 12.5 Å². The fraction of sp³-hybridized carbons (Fsp3) is 0.385. The zero-order valence-corrected chi connectivity index (χ0v) is 9.77. The first kappa shape index (κ1) is 11.2. The SMILES string of the molecule is O=C(O)Cn1c(C2CCC2)nc2cccc(F)c21. The van der Waals surface area contributed by atoms with Crippen LogP contribution in [0.2, 0.25) is 0 Å². The zero-order valence-electron chi connectivity index (χ0n) is 9.77. The number of imidazole rings is 1. The largest absolute Gasteiger partial charge is 0.480 e. The first-order valence-corrected chi connectivity index (χ1v) is 6.03. The lowest BCUT2D eigenvalue weighted by Gasteiger charge is -2.25. The van der Waals surface area contributed by atoms with Crippen molar-refractivity contribution in [3.8, 4) is 0 Å². The van der Waals surface area contributed by atoms with Crippen molar-refractivity contribution in [1.82, 2.24) is 9.55 Å². The summed E-state index contributed by atoms with van der Waals surface area (Å²) in [5, 5.41) is 8.96. The van der Waals surface area contributed by atoms with Crippen molar-refractivity contribution in [2.75, 3.05) is 0 Å². The zero-order chi connectivity index (χ0) is 12.7. The summed E-state index contributed by atoms with van der Waals surface area (Å²) in [4.78, 5) is 15.3. The van der Waals surface area contributed by atoms with Crippen LogP contribution in [0.4, 0.5) is 4.39 Å². The van der Waals surface area contributed by atoms with Crippen LogP contribution in [-0.4, -0.2) is 20.6 Å². The first-order chi connectivity index (χ1) is 8.66. The summed E-state index contributed by atoms with van der Waals surface area (Å²) in [5.74, 6) is -0.398. The minimum Gasteiger partial charge on any atom is -0.480 e. The number of nitrogens with zero attached hydrogens (tertiary/aromatic N) is 2. The Morgan fingerprint density at radius 2 is 2.28 bits per heavy atom. The topological polar surface area (TPSA) is 55.1 Å². The summed E-state index contributed by atoms with van der Waals surface area (Å²) in [5.41, 5.74) is 0.847. The summed E-state index contributed by atoms with van der Waals surface area (Å²) < 4.78 is 15.4. The number of carboxylic acid groups (broad SMARTS) is 1. The molecule has 0 amide bonds. The van der Waals surface area contributed by atoms with E-state index in [4.69, 9.17) is 5.11 Å². The van der Waals surface area contributed by atoms with Crippen LogP contribution in [-0.2, 0) is 11.3 Å². The lowest BCUT2D eigenvalue weighted by Crippen LogP contribution is -2.18. The standard InChI is InChI=1S/C13H13FN2O2/c14-9-5-2-6-10-12(9)16(7-11(17)18)13(15-10)8-3-1-4-8/h2,5-6,8H,1,3-4,7H2,(H,17,18). The van der Waals surface area contributed by atoms with Crippen molar-refractivity contribution in [2.45, 2.75) is 31.7 Å². The molecule has 1 fully saturated rings. The van der Waals surface area contributed by atoms with Gasteiger partial charge in [0.15, 0.2) is 0 Å². The molecule has 94 valence electrons. The molecule has 0 atom stereocenters. The van der Waals surface area contributed by atoms with Crippen LogP contribution in [0.5, 0.6) is 0 Å². The smallest absolute Gasteiger partial charge is 0.323 e. The normalized spacial score (nSPS) is 15.8. The average molecular weight is 248 g/mol. The van der Waals surface area contributed by atoms with Crippen molar-refractivity contribution in [3.63, 3.8) is 0 Å². The fourth-order valence-electron chi connectivity index (χ4n) is 2.43. The average Bonchev–Trinajstić information content (AvgIpc) is 2.55. The van der Waals surface area contributed by atoms with E-state index in [0.29, 0.717) is 16.9 Å². The number of carbonyl (C=O) groups is 1. The van der Waals surface area contributed by atoms with Gasteiger partial charge in [0.1, 0.15) is 23.7 Å². The van der Waals surface area contributed by atoms with Gasteiger partial charge in [0.2, 0.25) is 0 Å². The third-order valence-electron chi connectivity index (χ3n) is 3.51. The molecule has 0 unspecified atom stereocenters. The molecule has 0 aliphatic heterocycles. The van der Waals surface area contributed by atoms with Crippen LogP contribution in [0.1, 0.15) is 31.0 Å². The Balaban J connectivity index is 2.20. The maximum atomic E-state index is 13.8. The fourth-order valence-corrected chi connectivity index (χ4v) is 2.43. The van der Waals surface area contributed by atoms with Gasteiger partial charge in [-0.05, 0) is 25.0 Å². The maximum Gasteiger partial charge on any atom is 0.323 e. The number of aliphatic carboxylic acids is 1. The molecule has 0 saturated heterocycles. The monoisotopic (exact) mass is 248 g/mol. The molecule has 1 N–H and O–H groups in total. The van der Waals surface area contributed by atoms with Gasteiger partial charge in [-0.2, -0.15) is 0 Å². The van der Waals surface area contributed by atoms with E-state index in [1.54, 1.807) is 12.1 Å². The summed E-state index contributed by atoms with van der Waals surface area (Å²) in [6, 6.07) is 4.66. The summed E-state index contributed by atoms with van der Waals surface area (Å²) in [6.45, 7) is -0.233. The van der Waals surface area contributed by atoms with Crippen molar-refractivity contribution in [2.24, 2.45) is 0 Å². The van der Waals surface area contributed by atoms with Crippen molar-refractivity contribution < 1.29 is 14.3 Å². The number of benzene rings is 1. The van der Waals surface area contributed by atoms with E-state index in [9.17, 15) is 9.18 Å². The molecule has 2 aromatic rings. The minimum absolute atomic E-state index is 0.233. The number of hydrogen-bond acceptors (Lipinski definition) is 2. The highest BCUT2D eigenvalue weighted by atomic mass is 19.1. The van der Waals surface area contributed by atoms with Crippen LogP contribution in [0.15, 0.2) is 18.2 Å². The van der Waals surface area contributed by atoms with Gasteiger partial charge in [-0.3, -0.25) is 4.79 Å². The van der Waals surface area contributed by atoms with Crippen molar-refractivity contribution in [1.29, 1.82) is 0 Å². The number of carboxylic acids is 1. The number of fused-ring (bicyclic) bond motifs is 1. The Hall–Kier alpha value is -1.91. The Morgan fingerprint density at radius 3 is 2.89 bits per heavy atom. The van der Waals surface area contributed by atoms with Gasteiger partial charge >= 0.3 is 5.97 Å². The van der Waals surface area contributed by atoms with Crippen LogP contribution in [0, 0.1) is 5.82 Å². The summed E-state index contributed by atoms with van der Waals surface area (Å²) >= 11 is 0. The molecule has 1 heterocycles.